The molecule has 3 nitrogen and oxygen atoms in total. The van der Waals surface area contributed by atoms with Gasteiger partial charge in [-0.2, -0.15) is 0 Å². The summed E-state index contributed by atoms with van der Waals surface area (Å²) in [5.41, 5.74) is 0.662. The molecule has 3 heteroatoms. The first kappa shape index (κ1) is 14.7. The number of rotatable bonds is 1. The number of piperidine rings is 1. The van der Waals surface area contributed by atoms with Crippen LogP contribution in [0.4, 0.5) is 0 Å². The van der Waals surface area contributed by atoms with Gasteiger partial charge < -0.3 is 9.64 Å². The minimum absolute atomic E-state index is 0.0583. The van der Waals surface area contributed by atoms with Gasteiger partial charge in [0.1, 0.15) is 5.60 Å². The van der Waals surface area contributed by atoms with Gasteiger partial charge >= 0.3 is 0 Å². The number of hydrogen-bond donors (Lipinski definition) is 0. The second kappa shape index (κ2) is 5.19. The minimum Gasteiger partial charge on any atom is -0.361 e. The minimum atomic E-state index is -0.211. The molecule has 3 atom stereocenters. The molecule has 1 aliphatic carbocycles. The van der Waals surface area contributed by atoms with Crippen LogP contribution in [0.2, 0.25) is 0 Å². The average Bonchev–Trinajstić information content (AvgIpc) is 3.19. The fourth-order valence-corrected chi connectivity index (χ4v) is 5.64. The fraction of sp³-hybridized carbons (Fsp3) is 0.571. The van der Waals surface area contributed by atoms with E-state index in [-0.39, 0.29) is 23.2 Å². The normalized spacial score (nSPS) is 36.1. The zero-order valence-electron chi connectivity index (χ0n) is 14.1. The maximum atomic E-state index is 13.4. The lowest BCUT2D eigenvalue weighted by atomic mass is 9.65. The molecule has 5 rings (SSSR count). The van der Waals surface area contributed by atoms with Crippen LogP contribution in [-0.2, 0) is 4.74 Å². The summed E-state index contributed by atoms with van der Waals surface area (Å²) in [6.07, 6.45) is 13.1. The highest BCUT2D eigenvalue weighted by atomic mass is 16.5. The van der Waals surface area contributed by atoms with Crippen LogP contribution in [0.1, 0.15) is 55.3 Å². The molecule has 4 aliphatic rings. The maximum Gasteiger partial charge on any atom is 0.254 e. The third-order valence-corrected chi connectivity index (χ3v) is 6.83. The molecule has 0 aromatic heterocycles. The van der Waals surface area contributed by atoms with Crippen molar-refractivity contribution in [3.05, 3.63) is 48.0 Å². The van der Waals surface area contributed by atoms with Gasteiger partial charge in [-0.15, -0.1) is 0 Å². The molecule has 1 aromatic carbocycles. The van der Waals surface area contributed by atoms with Crippen molar-refractivity contribution >= 4 is 5.91 Å². The lowest BCUT2D eigenvalue weighted by molar-refractivity contribution is -0.0854. The highest BCUT2D eigenvalue weighted by Gasteiger charge is 2.60. The SMILES string of the molecule is O=C(c1ccccc1)N1CC23C=CC(CC2CC12CCCCC2)O3. The molecule has 0 radical (unpaired) electrons. The number of likely N-dealkylation sites (tertiary alicyclic amines) is 1. The first-order valence-corrected chi connectivity index (χ1v) is 9.45. The van der Waals surface area contributed by atoms with E-state index in [9.17, 15) is 4.79 Å². The summed E-state index contributed by atoms with van der Waals surface area (Å²) in [6, 6.07) is 9.80. The Hall–Kier alpha value is -1.61. The maximum absolute atomic E-state index is 13.4. The van der Waals surface area contributed by atoms with Crippen LogP contribution in [0.3, 0.4) is 0 Å². The quantitative estimate of drug-likeness (QED) is 0.732. The summed E-state index contributed by atoms with van der Waals surface area (Å²) < 4.78 is 6.31. The molecule has 2 saturated heterocycles. The molecule has 3 fully saturated rings. The molecule has 1 aromatic rings. The number of benzene rings is 1. The molecule has 1 amide bonds. The second-order valence-electron chi connectivity index (χ2n) is 8.15. The highest BCUT2D eigenvalue weighted by molar-refractivity contribution is 5.95. The summed E-state index contributed by atoms with van der Waals surface area (Å²) in [5.74, 6) is 0.781. The van der Waals surface area contributed by atoms with Crippen LogP contribution in [0.5, 0.6) is 0 Å². The Balaban J connectivity index is 1.53. The summed E-state index contributed by atoms with van der Waals surface area (Å²) >= 11 is 0. The van der Waals surface area contributed by atoms with E-state index in [4.69, 9.17) is 4.74 Å². The average molecular weight is 323 g/mol. The second-order valence-corrected chi connectivity index (χ2v) is 8.15. The van der Waals surface area contributed by atoms with Crippen LogP contribution in [0, 0.1) is 5.92 Å². The smallest absolute Gasteiger partial charge is 0.254 e. The fourth-order valence-electron chi connectivity index (χ4n) is 5.64. The van der Waals surface area contributed by atoms with Crippen molar-refractivity contribution in [3.63, 3.8) is 0 Å². The topological polar surface area (TPSA) is 29.5 Å². The Labute approximate surface area is 143 Å². The Morgan fingerprint density at radius 3 is 2.67 bits per heavy atom. The first-order chi connectivity index (χ1) is 11.7. The van der Waals surface area contributed by atoms with E-state index in [2.05, 4.69) is 17.1 Å². The third kappa shape index (κ3) is 2.03. The number of amides is 1. The van der Waals surface area contributed by atoms with Gasteiger partial charge in [-0.1, -0.05) is 49.6 Å². The van der Waals surface area contributed by atoms with Gasteiger partial charge in [-0.25, -0.2) is 0 Å². The predicted molar refractivity (Wildman–Crippen MR) is 92.8 cm³/mol. The molecule has 1 saturated carbocycles. The lowest BCUT2D eigenvalue weighted by Crippen LogP contribution is -2.64. The summed E-state index contributed by atoms with van der Waals surface area (Å²) in [7, 11) is 0. The molecular formula is C21H25NO2. The predicted octanol–water partition coefficient (Wildman–Crippen LogP) is 3.95. The van der Waals surface area contributed by atoms with Crippen LogP contribution < -0.4 is 0 Å². The molecular weight excluding hydrogens is 298 g/mol. The van der Waals surface area contributed by atoms with Gasteiger partial charge in [0.05, 0.1) is 12.6 Å². The number of ether oxygens (including phenoxy) is 1. The van der Waals surface area contributed by atoms with Crippen LogP contribution in [-0.4, -0.2) is 34.6 Å². The molecule has 24 heavy (non-hydrogen) atoms. The highest BCUT2D eigenvalue weighted by Crippen LogP contribution is 2.54. The van der Waals surface area contributed by atoms with Crippen molar-refractivity contribution in [3.8, 4) is 0 Å². The molecule has 2 spiro atoms. The molecule has 3 heterocycles. The van der Waals surface area contributed by atoms with Crippen molar-refractivity contribution < 1.29 is 9.53 Å². The standard InChI is InChI=1S/C21H25NO2/c23-19(16-7-3-1-4-8-16)22-15-21-12-9-18(24-21)13-17(21)14-20(22)10-5-2-6-11-20/h1,3-4,7-9,12,17-18H,2,5-6,10-11,13-15H2. The third-order valence-electron chi connectivity index (χ3n) is 6.83. The van der Waals surface area contributed by atoms with Crippen LogP contribution in [0.15, 0.2) is 42.5 Å². The number of carbonyl (C=O) groups excluding carboxylic acids is 1. The Kier molecular flexibility index (Phi) is 3.18. The van der Waals surface area contributed by atoms with Gasteiger partial charge in [0, 0.05) is 11.1 Å². The van der Waals surface area contributed by atoms with Crippen molar-refractivity contribution in [1.82, 2.24) is 4.90 Å². The molecule has 2 bridgehead atoms. The Morgan fingerprint density at radius 2 is 1.92 bits per heavy atom. The summed E-state index contributed by atoms with van der Waals surface area (Å²) in [4.78, 5) is 15.6. The lowest BCUT2D eigenvalue weighted by Gasteiger charge is -2.56. The number of fused-ring (bicyclic) bond motifs is 1. The van der Waals surface area contributed by atoms with Crippen LogP contribution >= 0.6 is 0 Å². The van der Waals surface area contributed by atoms with Gasteiger partial charge in [0.25, 0.3) is 5.91 Å². The summed E-state index contributed by atoms with van der Waals surface area (Å²) in [5, 5.41) is 0. The van der Waals surface area contributed by atoms with Crippen LogP contribution in [0.25, 0.3) is 0 Å². The molecule has 0 N–H and O–H groups in total. The van der Waals surface area contributed by atoms with E-state index in [0.29, 0.717) is 5.92 Å². The van der Waals surface area contributed by atoms with Crippen molar-refractivity contribution in [2.45, 2.75) is 62.2 Å². The Bertz CT molecular complexity index is 676. The molecule has 3 aliphatic heterocycles. The van der Waals surface area contributed by atoms with Crippen molar-refractivity contribution in [1.29, 1.82) is 0 Å². The van der Waals surface area contributed by atoms with Gasteiger partial charge in [-0.05, 0) is 43.7 Å². The molecule has 126 valence electrons. The van der Waals surface area contributed by atoms with Gasteiger partial charge in [-0.3, -0.25) is 4.79 Å². The largest absolute Gasteiger partial charge is 0.361 e. The van der Waals surface area contributed by atoms with E-state index < -0.39 is 0 Å². The van der Waals surface area contributed by atoms with Gasteiger partial charge in [0.15, 0.2) is 0 Å². The number of nitrogens with zero attached hydrogens (tertiary/aromatic N) is 1. The van der Waals surface area contributed by atoms with E-state index in [1.807, 2.05) is 30.3 Å². The van der Waals surface area contributed by atoms with E-state index in [0.717, 1.165) is 37.8 Å². The zero-order valence-corrected chi connectivity index (χ0v) is 14.1. The van der Waals surface area contributed by atoms with Gasteiger partial charge in [0.2, 0.25) is 0 Å². The van der Waals surface area contributed by atoms with Crippen molar-refractivity contribution in [2.24, 2.45) is 5.92 Å². The van der Waals surface area contributed by atoms with E-state index in [1.165, 1.54) is 19.3 Å². The van der Waals surface area contributed by atoms with Crippen molar-refractivity contribution in [2.75, 3.05) is 6.54 Å². The first-order valence-electron chi connectivity index (χ1n) is 9.45. The van der Waals surface area contributed by atoms with E-state index >= 15 is 0 Å². The van der Waals surface area contributed by atoms with E-state index in [1.54, 1.807) is 0 Å². The number of hydrogen-bond acceptors (Lipinski definition) is 2. The number of carbonyl (C=O) groups is 1. The Morgan fingerprint density at radius 1 is 1.12 bits per heavy atom. The molecule has 3 unspecified atom stereocenters. The zero-order chi connectivity index (χ0) is 16.2. The summed E-state index contributed by atoms with van der Waals surface area (Å²) in [6.45, 7) is 0.735. The monoisotopic (exact) mass is 323 g/mol.